The van der Waals surface area contributed by atoms with Crippen molar-refractivity contribution in [1.82, 2.24) is 15.2 Å². The molecule has 6 nitrogen and oxygen atoms in total. The monoisotopic (exact) mass is 315 g/mol. The number of methoxy groups -OCH3 is 1. The molecule has 0 amide bonds. The third-order valence-corrected chi connectivity index (χ3v) is 3.65. The minimum absolute atomic E-state index is 0.556. The number of para-hydroxylation sites is 1. The number of hydrogen-bond acceptors (Lipinski definition) is 6. The molecule has 0 fully saturated rings. The highest BCUT2D eigenvalue weighted by Crippen LogP contribution is 2.17. The Bertz CT molecular complexity index is 605. The Balaban J connectivity index is 1.90. The van der Waals surface area contributed by atoms with Crippen LogP contribution >= 0.6 is 0 Å². The fourth-order valence-corrected chi connectivity index (χ4v) is 2.28. The van der Waals surface area contributed by atoms with Crippen LogP contribution in [-0.4, -0.2) is 42.4 Å². The van der Waals surface area contributed by atoms with E-state index in [2.05, 4.69) is 38.4 Å². The molecule has 23 heavy (non-hydrogen) atoms. The van der Waals surface area contributed by atoms with Crippen molar-refractivity contribution in [3.8, 4) is 5.75 Å². The second-order valence-electron chi connectivity index (χ2n) is 5.40. The number of hydrogen-bond donors (Lipinski definition) is 1. The van der Waals surface area contributed by atoms with E-state index in [1.54, 1.807) is 13.3 Å². The third kappa shape index (κ3) is 5.09. The van der Waals surface area contributed by atoms with E-state index in [1.807, 2.05) is 25.2 Å². The van der Waals surface area contributed by atoms with Crippen molar-refractivity contribution in [2.24, 2.45) is 0 Å². The summed E-state index contributed by atoms with van der Waals surface area (Å²) < 4.78 is 5.36. The van der Waals surface area contributed by atoms with Gasteiger partial charge in [0.2, 0.25) is 5.95 Å². The lowest BCUT2D eigenvalue weighted by atomic mass is 10.1. The predicted octanol–water partition coefficient (Wildman–Crippen LogP) is 2.77. The van der Waals surface area contributed by atoms with Crippen LogP contribution in [0.1, 0.15) is 25.3 Å². The van der Waals surface area contributed by atoms with Crippen LogP contribution in [0.5, 0.6) is 5.75 Å². The summed E-state index contributed by atoms with van der Waals surface area (Å²) in [5.74, 6) is 2.30. The van der Waals surface area contributed by atoms with Gasteiger partial charge >= 0.3 is 0 Å². The van der Waals surface area contributed by atoms with Gasteiger partial charge in [0, 0.05) is 20.1 Å². The molecule has 6 heteroatoms. The van der Waals surface area contributed by atoms with E-state index in [0.29, 0.717) is 5.95 Å². The number of rotatable bonds is 9. The minimum atomic E-state index is 0.556. The molecule has 1 N–H and O–H groups in total. The van der Waals surface area contributed by atoms with Crippen LogP contribution in [0.3, 0.4) is 0 Å². The number of nitrogens with zero attached hydrogens (tertiary/aromatic N) is 4. The van der Waals surface area contributed by atoms with Crippen molar-refractivity contribution in [1.29, 1.82) is 0 Å². The number of unbranched alkanes of at least 4 members (excludes halogenated alkanes) is 1. The van der Waals surface area contributed by atoms with Crippen molar-refractivity contribution in [3.05, 3.63) is 36.0 Å². The number of anilines is 2. The average molecular weight is 315 g/mol. The summed E-state index contributed by atoms with van der Waals surface area (Å²) in [6, 6.07) is 8.02. The minimum Gasteiger partial charge on any atom is -0.496 e. The maximum Gasteiger partial charge on any atom is 0.244 e. The highest BCUT2D eigenvalue weighted by atomic mass is 16.5. The first-order valence-electron chi connectivity index (χ1n) is 8.01. The van der Waals surface area contributed by atoms with Gasteiger partial charge in [-0.25, -0.2) is 0 Å². The van der Waals surface area contributed by atoms with E-state index in [-0.39, 0.29) is 0 Å². The molecule has 2 aromatic rings. The quantitative estimate of drug-likeness (QED) is 0.768. The average Bonchev–Trinajstić information content (AvgIpc) is 2.60. The van der Waals surface area contributed by atoms with E-state index < -0.39 is 0 Å². The Morgan fingerprint density at radius 3 is 2.87 bits per heavy atom. The summed E-state index contributed by atoms with van der Waals surface area (Å²) in [7, 11) is 3.72. The lowest BCUT2D eigenvalue weighted by Gasteiger charge is -2.17. The summed E-state index contributed by atoms with van der Waals surface area (Å²) in [5, 5.41) is 11.3. The SMILES string of the molecule is CCCCN(C)c1cnnc(NCCc2ccccc2OC)n1. The molecular formula is C17H25N5O. The van der Waals surface area contributed by atoms with Gasteiger partial charge in [-0.15, -0.1) is 5.10 Å². The van der Waals surface area contributed by atoms with Crippen LogP contribution in [0.15, 0.2) is 30.5 Å². The molecule has 124 valence electrons. The van der Waals surface area contributed by atoms with E-state index in [1.165, 1.54) is 0 Å². The number of benzene rings is 1. The molecule has 1 aromatic heterocycles. The standard InChI is InChI=1S/C17H25N5O/c1-4-5-12-22(2)16-13-19-21-17(20-16)18-11-10-14-8-6-7-9-15(14)23-3/h6-9,13H,4-5,10-12H2,1-3H3,(H,18,20,21). The van der Waals surface area contributed by atoms with Crippen LogP contribution in [0, 0.1) is 0 Å². The molecule has 0 unspecified atom stereocenters. The van der Waals surface area contributed by atoms with Crippen LogP contribution < -0.4 is 15.0 Å². The number of ether oxygens (including phenoxy) is 1. The molecule has 1 aromatic carbocycles. The van der Waals surface area contributed by atoms with E-state index in [4.69, 9.17) is 4.74 Å². The van der Waals surface area contributed by atoms with Crippen LogP contribution in [0.25, 0.3) is 0 Å². The Morgan fingerprint density at radius 2 is 2.09 bits per heavy atom. The van der Waals surface area contributed by atoms with E-state index in [0.717, 1.165) is 49.5 Å². The molecule has 1 heterocycles. The zero-order valence-corrected chi connectivity index (χ0v) is 14.1. The van der Waals surface area contributed by atoms with Crippen molar-refractivity contribution >= 4 is 11.8 Å². The zero-order valence-electron chi connectivity index (χ0n) is 14.1. The van der Waals surface area contributed by atoms with Crippen molar-refractivity contribution < 1.29 is 4.74 Å². The lowest BCUT2D eigenvalue weighted by molar-refractivity contribution is 0.410. The summed E-state index contributed by atoms with van der Waals surface area (Å²) in [6.45, 7) is 3.87. The zero-order chi connectivity index (χ0) is 16.5. The van der Waals surface area contributed by atoms with Crippen LogP contribution in [-0.2, 0) is 6.42 Å². The van der Waals surface area contributed by atoms with Gasteiger partial charge in [0.15, 0.2) is 5.82 Å². The predicted molar refractivity (Wildman–Crippen MR) is 93.2 cm³/mol. The first-order valence-corrected chi connectivity index (χ1v) is 8.01. The summed E-state index contributed by atoms with van der Waals surface area (Å²) >= 11 is 0. The molecule has 0 saturated heterocycles. The van der Waals surface area contributed by atoms with Gasteiger partial charge in [-0.1, -0.05) is 31.5 Å². The van der Waals surface area contributed by atoms with Crippen LogP contribution in [0.2, 0.25) is 0 Å². The van der Waals surface area contributed by atoms with Gasteiger partial charge in [-0.05, 0) is 24.5 Å². The molecule has 0 spiro atoms. The second-order valence-corrected chi connectivity index (χ2v) is 5.40. The fraction of sp³-hybridized carbons (Fsp3) is 0.471. The highest BCUT2D eigenvalue weighted by Gasteiger charge is 2.06. The molecular weight excluding hydrogens is 290 g/mol. The van der Waals surface area contributed by atoms with Gasteiger partial charge in [0.05, 0.1) is 13.3 Å². The molecule has 0 aliphatic carbocycles. The van der Waals surface area contributed by atoms with Gasteiger partial charge < -0.3 is 15.0 Å². The van der Waals surface area contributed by atoms with E-state index >= 15 is 0 Å². The topological polar surface area (TPSA) is 63.2 Å². The summed E-state index contributed by atoms with van der Waals surface area (Å²) in [5.41, 5.74) is 1.16. The van der Waals surface area contributed by atoms with Crippen LogP contribution in [0.4, 0.5) is 11.8 Å². The number of aromatic nitrogens is 3. The Hall–Kier alpha value is -2.37. The first kappa shape index (κ1) is 17.0. The van der Waals surface area contributed by atoms with Gasteiger partial charge in [0.25, 0.3) is 0 Å². The third-order valence-electron chi connectivity index (χ3n) is 3.65. The smallest absolute Gasteiger partial charge is 0.244 e. The largest absolute Gasteiger partial charge is 0.496 e. The summed E-state index contributed by atoms with van der Waals surface area (Å²) in [4.78, 5) is 6.61. The molecule has 0 aliphatic rings. The van der Waals surface area contributed by atoms with Crippen molar-refractivity contribution in [3.63, 3.8) is 0 Å². The Labute approximate surface area is 137 Å². The Morgan fingerprint density at radius 1 is 1.26 bits per heavy atom. The molecule has 0 saturated carbocycles. The van der Waals surface area contributed by atoms with Gasteiger partial charge in [-0.2, -0.15) is 10.1 Å². The van der Waals surface area contributed by atoms with E-state index in [9.17, 15) is 0 Å². The Kier molecular flexibility index (Phi) is 6.59. The molecule has 0 aliphatic heterocycles. The van der Waals surface area contributed by atoms with Crippen molar-refractivity contribution in [2.75, 3.05) is 37.5 Å². The summed E-state index contributed by atoms with van der Waals surface area (Å²) in [6.07, 6.45) is 4.83. The first-order chi connectivity index (χ1) is 11.2. The molecule has 0 atom stereocenters. The highest BCUT2D eigenvalue weighted by molar-refractivity contribution is 5.39. The molecule has 2 rings (SSSR count). The van der Waals surface area contributed by atoms with Gasteiger partial charge in [-0.3, -0.25) is 0 Å². The fourth-order valence-electron chi connectivity index (χ4n) is 2.28. The van der Waals surface area contributed by atoms with Crippen molar-refractivity contribution in [2.45, 2.75) is 26.2 Å². The normalized spacial score (nSPS) is 10.4. The second kappa shape index (κ2) is 8.92. The maximum atomic E-state index is 5.36. The lowest BCUT2D eigenvalue weighted by Crippen LogP contribution is -2.21. The molecule has 0 radical (unpaired) electrons. The number of nitrogens with one attached hydrogen (secondary N) is 1. The van der Waals surface area contributed by atoms with Gasteiger partial charge in [0.1, 0.15) is 5.75 Å². The maximum absolute atomic E-state index is 5.36. The molecule has 0 bridgehead atoms.